The maximum atomic E-state index is 11.8. The third-order valence-electron chi connectivity index (χ3n) is 2.66. The second kappa shape index (κ2) is 7.05. The molecule has 0 fully saturated rings. The highest BCUT2D eigenvalue weighted by atomic mass is 32.2. The topological polar surface area (TPSA) is 54.9 Å². The van der Waals surface area contributed by atoms with Crippen molar-refractivity contribution in [2.45, 2.75) is 25.3 Å². The highest BCUT2D eigenvalue weighted by molar-refractivity contribution is 7.99. The Kier molecular flexibility index (Phi) is 5.12. The first-order valence-electron chi connectivity index (χ1n) is 6.41. The van der Waals surface area contributed by atoms with Crippen LogP contribution in [0.3, 0.4) is 0 Å². The first-order valence-corrected chi connectivity index (χ1v) is 7.40. The molecule has 2 rings (SSSR count). The highest BCUT2D eigenvalue weighted by Crippen LogP contribution is 2.16. The van der Waals surface area contributed by atoms with Gasteiger partial charge in [-0.25, -0.2) is 9.97 Å². The maximum Gasteiger partial charge on any atom is 0.225 e. The lowest BCUT2D eigenvalue weighted by Gasteiger charge is -2.05. The van der Waals surface area contributed by atoms with Crippen LogP contribution in [0.15, 0.2) is 41.7 Å². The standard InChI is InChI=1S/C15H17N3OS/c1-11-4-3-5-13(8-11)18-14(19)6-7-20-15-9-12(2)16-10-17-15/h3-5,8-10H,6-7H2,1-2H3,(H,18,19). The van der Waals surface area contributed by atoms with E-state index >= 15 is 0 Å². The lowest BCUT2D eigenvalue weighted by Crippen LogP contribution is -2.12. The van der Waals surface area contributed by atoms with Crippen LogP contribution in [-0.4, -0.2) is 21.6 Å². The summed E-state index contributed by atoms with van der Waals surface area (Å²) in [6, 6.07) is 9.71. The summed E-state index contributed by atoms with van der Waals surface area (Å²) in [4.78, 5) is 20.0. The van der Waals surface area contributed by atoms with Gasteiger partial charge >= 0.3 is 0 Å². The van der Waals surface area contributed by atoms with Crippen molar-refractivity contribution < 1.29 is 4.79 Å². The van der Waals surface area contributed by atoms with Crippen molar-refractivity contribution in [3.63, 3.8) is 0 Å². The summed E-state index contributed by atoms with van der Waals surface area (Å²) in [7, 11) is 0. The van der Waals surface area contributed by atoms with Gasteiger partial charge in [-0.1, -0.05) is 12.1 Å². The first-order chi connectivity index (χ1) is 9.63. The number of amides is 1. The average Bonchev–Trinajstić information content (AvgIpc) is 2.38. The smallest absolute Gasteiger partial charge is 0.225 e. The highest BCUT2D eigenvalue weighted by Gasteiger charge is 2.04. The number of carbonyl (C=O) groups is 1. The lowest BCUT2D eigenvalue weighted by atomic mass is 10.2. The Morgan fingerprint density at radius 1 is 1.25 bits per heavy atom. The van der Waals surface area contributed by atoms with Gasteiger partial charge < -0.3 is 5.32 Å². The van der Waals surface area contributed by atoms with Gasteiger partial charge in [-0.3, -0.25) is 4.79 Å². The molecule has 0 spiro atoms. The molecule has 0 radical (unpaired) electrons. The molecule has 4 nitrogen and oxygen atoms in total. The number of rotatable bonds is 5. The third-order valence-corrected chi connectivity index (χ3v) is 3.59. The number of aryl methyl sites for hydroxylation is 2. The minimum atomic E-state index is 0.0221. The number of nitrogens with zero attached hydrogens (tertiary/aromatic N) is 2. The molecule has 104 valence electrons. The zero-order chi connectivity index (χ0) is 14.4. The van der Waals surface area contributed by atoms with Gasteiger partial charge in [-0.05, 0) is 37.6 Å². The number of nitrogens with one attached hydrogen (secondary N) is 1. The van der Waals surface area contributed by atoms with Crippen LogP contribution < -0.4 is 5.32 Å². The second-order valence-corrected chi connectivity index (χ2v) is 5.63. The summed E-state index contributed by atoms with van der Waals surface area (Å²) in [5.41, 5.74) is 2.92. The summed E-state index contributed by atoms with van der Waals surface area (Å²) in [5, 5.41) is 3.80. The molecule has 0 aliphatic rings. The number of aromatic nitrogens is 2. The number of anilines is 1. The minimum absolute atomic E-state index is 0.0221. The van der Waals surface area contributed by atoms with E-state index in [9.17, 15) is 4.79 Å². The summed E-state index contributed by atoms with van der Waals surface area (Å²) in [5.74, 6) is 0.725. The fourth-order valence-electron chi connectivity index (χ4n) is 1.70. The number of carbonyl (C=O) groups excluding carboxylic acids is 1. The van der Waals surface area contributed by atoms with Crippen LogP contribution in [0.5, 0.6) is 0 Å². The second-order valence-electron chi connectivity index (χ2n) is 4.51. The van der Waals surface area contributed by atoms with Gasteiger partial charge in [0.1, 0.15) is 6.33 Å². The molecule has 0 bridgehead atoms. The first kappa shape index (κ1) is 14.5. The van der Waals surface area contributed by atoms with E-state index < -0.39 is 0 Å². The Balaban J connectivity index is 1.78. The van der Waals surface area contributed by atoms with Crippen LogP contribution in [0.25, 0.3) is 0 Å². The maximum absolute atomic E-state index is 11.8. The number of benzene rings is 1. The monoisotopic (exact) mass is 287 g/mol. The van der Waals surface area contributed by atoms with Crippen LogP contribution in [0.4, 0.5) is 5.69 Å². The minimum Gasteiger partial charge on any atom is -0.326 e. The molecule has 1 amide bonds. The van der Waals surface area contributed by atoms with Gasteiger partial charge in [-0.2, -0.15) is 0 Å². The van der Waals surface area contributed by atoms with E-state index in [0.717, 1.165) is 22.0 Å². The molecule has 1 aromatic heterocycles. The zero-order valence-corrected chi connectivity index (χ0v) is 12.4. The van der Waals surface area contributed by atoms with Crippen molar-refractivity contribution in [3.05, 3.63) is 47.9 Å². The van der Waals surface area contributed by atoms with E-state index in [2.05, 4.69) is 15.3 Å². The van der Waals surface area contributed by atoms with Crippen molar-refractivity contribution in [2.24, 2.45) is 0 Å². The predicted octanol–water partition coefficient (Wildman–Crippen LogP) is 3.21. The van der Waals surface area contributed by atoms with Gasteiger partial charge in [0.15, 0.2) is 0 Å². The Morgan fingerprint density at radius 3 is 2.85 bits per heavy atom. The average molecular weight is 287 g/mol. The Morgan fingerprint density at radius 2 is 2.10 bits per heavy atom. The largest absolute Gasteiger partial charge is 0.326 e. The van der Waals surface area contributed by atoms with E-state index in [4.69, 9.17) is 0 Å². The van der Waals surface area contributed by atoms with Crippen molar-refractivity contribution in [2.75, 3.05) is 11.1 Å². The Bertz CT molecular complexity index is 601. The summed E-state index contributed by atoms with van der Waals surface area (Å²) in [6.07, 6.45) is 2.01. The quantitative estimate of drug-likeness (QED) is 0.677. The molecule has 0 aliphatic heterocycles. The molecule has 0 aliphatic carbocycles. The van der Waals surface area contributed by atoms with Gasteiger partial charge in [-0.15, -0.1) is 11.8 Å². The van der Waals surface area contributed by atoms with Crippen molar-refractivity contribution >= 4 is 23.4 Å². The predicted molar refractivity (Wildman–Crippen MR) is 81.9 cm³/mol. The van der Waals surface area contributed by atoms with Gasteiger partial charge in [0, 0.05) is 23.6 Å². The third kappa shape index (κ3) is 4.66. The van der Waals surface area contributed by atoms with Crippen LogP contribution in [0.2, 0.25) is 0 Å². The number of hydrogen-bond acceptors (Lipinski definition) is 4. The van der Waals surface area contributed by atoms with Crippen molar-refractivity contribution in [1.82, 2.24) is 9.97 Å². The van der Waals surface area contributed by atoms with E-state index in [1.807, 2.05) is 44.2 Å². The van der Waals surface area contributed by atoms with E-state index in [1.54, 1.807) is 18.1 Å². The van der Waals surface area contributed by atoms with E-state index in [0.29, 0.717) is 12.2 Å². The molecule has 0 saturated heterocycles. The Labute approximate surface area is 123 Å². The number of thioether (sulfide) groups is 1. The van der Waals surface area contributed by atoms with Gasteiger partial charge in [0.05, 0.1) is 5.03 Å². The summed E-state index contributed by atoms with van der Waals surface area (Å²) < 4.78 is 0. The zero-order valence-electron chi connectivity index (χ0n) is 11.6. The summed E-state index contributed by atoms with van der Waals surface area (Å²) in [6.45, 7) is 3.93. The van der Waals surface area contributed by atoms with E-state index in [1.165, 1.54) is 0 Å². The van der Waals surface area contributed by atoms with Crippen LogP contribution >= 0.6 is 11.8 Å². The molecule has 0 saturated carbocycles. The SMILES string of the molecule is Cc1cccc(NC(=O)CCSc2cc(C)ncn2)c1. The summed E-state index contributed by atoms with van der Waals surface area (Å²) >= 11 is 1.56. The number of hydrogen-bond donors (Lipinski definition) is 1. The van der Waals surface area contributed by atoms with Crippen molar-refractivity contribution in [3.8, 4) is 0 Å². The molecule has 0 unspecified atom stereocenters. The molecule has 1 aromatic carbocycles. The molecular weight excluding hydrogens is 270 g/mol. The fourth-order valence-corrected chi connectivity index (χ4v) is 2.58. The molecule has 2 aromatic rings. The van der Waals surface area contributed by atoms with Crippen LogP contribution in [0.1, 0.15) is 17.7 Å². The fraction of sp³-hybridized carbons (Fsp3) is 0.267. The van der Waals surface area contributed by atoms with Crippen molar-refractivity contribution in [1.29, 1.82) is 0 Å². The molecule has 1 N–H and O–H groups in total. The van der Waals surface area contributed by atoms with Gasteiger partial charge in [0.2, 0.25) is 5.91 Å². The van der Waals surface area contributed by atoms with Gasteiger partial charge in [0.25, 0.3) is 0 Å². The van der Waals surface area contributed by atoms with Crippen LogP contribution in [0, 0.1) is 13.8 Å². The Hall–Kier alpha value is -1.88. The molecular formula is C15H17N3OS. The molecule has 1 heterocycles. The van der Waals surface area contributed by atoms with E-state index in [-0.39, 0.29) is 5.91 Å². The van der Waals surface area contributed by atoms with Crippen LogP contribution in [-0.2, 0) is 4.79 Å². The lowest BCUT2D eigenvalue weighted by molar-refractivity contribution is -0.115. The molecule has 20 heavy (non-hydrogen) atoms. The molecule has 5 heteroatoms. The molecule has 0 atom stereocenters. The normalized spacial score (nSPS) is 10.3.